The van der Waals surface area contributed by atoms with E-state index in [4.69, 9.17) is 25.8 Å². The highest BCUT2D eigenvalue weighted by molar-refractivity contribution is 6.32. The molecule has 0 aliphatic carbocycles. The molecule has 0 N–H and O–H groups in total. The molecule has 0 spiro atoms. The monoisotopic (exact) mass is 715 g/mol. The minimum Gasteiger partial charge on any atom is -0.493 e. The first-order valence-electron chi connectivity index (χ1n) is 17.8. The molecule has 0 radical (unpaired) electrons. The molecule has 5 aromatic rings. The summed E-state index contributed by atoms with van der Waals surface area (Å²) in [6, 6.07) is 32.6. The Bertz CT molecular complexity index is 1940. The number of carbonyl (C=O) groups is 1. The van der Waals surface area contributed by atoms with Gasteiger partial charge in [0.1, 0.15) is 18.1 Å². The Kier molecular flexibility index (Phi) is 12.3. The summed E-state index contributed by atoms with van der Waals surface area (Å²) in [6.45, 7) is 12.4. The average molecular weight is 716 g/mol. The highest BCUT2D eigenvalue weighted by atomic mass is 35.5. The topological polar surface area (TPSA) is 64.1 Å². The number of nitrogens with zero attached hydrogens (tertiary/aromatic N) is 3. The molecule has 7 nitrogen and oxygen atoms in total. The molecule has 0 saturated carbocycles. The predicted octanol–water partition coefficient (Wildman–Crippen LogP) is 9.40. The lowest BCUT2D eigenvalue weighted by molar-refractivity contribution is -0.130. The van der Waals surface area contributed by atoms with E-state index in [1.807, 2.05) is 42.2 Å². The Morgan fingerprint density at radius 3 is 2.17 bits per heavy atom. The number of halogens is 1. The van der Waals surface area contributed by atoms with E-state index < -0.39 is 0 Å². The summed E-state index contributed by atoms with van der Waals surface area (Å²) < 4.78 is 17.8. The molecule has 1 aliphatic rings. The number of hydrogen-bond donors (Lipinski definition) is 0. The van der Waals surface area contributed by atoms with Gasteiger partial charge in [-0.3, -0.25) is 9.69 Å². The van der Waals surface area contributed by atoms with Gasteiger partial charge in [0.15, 0.2) is 5.75 Å². The van der Waals surface area contributed by atoms with Gasteiger partial charge in [0, 0.05) is 50.8 Å². The van der Waals surface area contributed by atoms with Crippen LogP contribution in [-0.4, -0.2) is 53.0 Å². The van der Waals surface area contributed by atoms with Crippen LogP contribution in [0.5, 0.6) is 23.1 Å². The van der Waals surface area contributed by atoms with Gasteiger partial charge in [-0.05, 0) is 91.9 Å². The highest BCUT2D eigenvalue weighted by Crippen LogP contribution is 2.34. The summed E-state index contributed by atoms with van der Waals surface area (Å²) in [5.74, 6) is 2.49. The highest BCUT2D eigenvalue weighted by Gasteiger charge is 2.26. The zero-order chi connectivity index (χ0) is 36.5. The van der Waals surface area contributed by atoms with Gasteiger partial charge in [0.05, 0.1) is 17.8 Å². The standard InChI is InChI=1S/C44H46ClN3O4/c1-31-5-9-37(10-6-31)30-51-40-18-19-42(46-27-40)52-44-33(3)25-38(26-41(44)45)15-20-43(49)48-23-22-47(28-34(48)4)29-36-13-11-35(12-14-36)21-24-50-39-16-7-32(2)8-17-39/h5-20,25-27,34H,21-24,28-30H2,1-4H3/b20-15+/t34-/m1/s1. The number of aromatic nitrogens is 1. The molecule has 52 heavy (non-hydrogen) atoms. The first-order valence-corrected chi connectivity index (χ1v) is 18.2. The molecule has 1 amide bonds. The van der Waals surface area contributed by atoms with Crippen LogP contribution in [-0.2, 0) is 24.4 Å². The normalized spacial score (nSPS) is 14.8. The van der Waals surface area contributed by atoms with E-state index in [9.17, 15) is 4.79 Å². The van der Waals surface area contributed by atoms with E-state index in [1.54, 1.807) is 24.4 Å². The molecule has 8 heteroatoms. The Hall–Kier alpha value is -5.11. The van der Waals surface area contributed by atoms with Crippen molar-refractivity contribution in [3.8, 4) is 23.1 Å². The summed E-state index contributed by atoms with van der Waals surface area (Å²) in [4.78, 5) is 22.0. The molecule has 1 aliphatic heterocycles. The molecule has 1 atom stereocenters. The van der Waals surface area contributed by atoms with Gasteiger partial charge < -0.3 is 19.1 Å². The number of rotatable bonds is 13. The van der Waals surface area contributed by atoms with Gasteiger partial charge in [0.2, 0.25) is 11.8 Å². The minimum absolute atomic E-state index is 0.00709. The molecule has 1 fully saturated rings. The lowest BCUT2D eigenvalue weighted by atomic mass is 10.1. The van der Waals surface area contributed by atoms with Crippen LogP contribution in [0, 0.1) is 20.8 Å². The van der Waals surface area contributed by atoms with Gasteiger partial charge >= 0.3 is 0 Å². The van der Waals surface area contributed by atoms with Gasteiger partial charge in [-0.2, -0.15) is 0 Å². The van der Waals surface area contributed by atoms with Crippen LogP contribution >= 0.6 is 11.6 Å². The number of amides is 1. The van der Waals surface area contributed by atoms with Crippen LogP contribution < -0.4 is 14.2 Å². The number of hydrogen-bond acceptors (Lipinski definition) is 6. The lowest BCUT2D eigenvalue weighted by Crippen LogP contribution is -2.53. The first kappa shape index (κ1) is 36.7. The summed E-state index contributed by atoms with van der Waals surface area (Å²) in [5, 5.41) is 0.444. The van der Waals surface area contributed by atoms with Gasteiger partial charge in [0.25, 0.3) is 0 Å². The van der Waals surface area contributed by atoms with Crippen molar-refractivity contribution in [2.45, 2.75) is 53.3 Å². The molecule has 6 rings (SSSR count). The fourth-order valence-electron chi connectivity index (χ4n) is 6.21. The van der Waals surface area contributed by atoms with Crippen LogP contribution in [0.1, 0.15) is 45.9 Å². The fourth-order valence-corrected chi connectivity index (χ4v) is 6.52. The van der Waals surface area contributed by atoms with Gasteiger partial charge in [-0.15, -0.1) is 0 Å². The van der Waals surface area contributed by atoms with Gasteiger partial charge in [-0.1, -0.05) is 83.4 Å². The van der Waals surface area contributed by atoms with Crippen molar-refractivity contribution in [2.75, 3.05) is 26.2 Å². The number of piperazine rings is 1. The maximum absolute atomic E-state index is 13.3. The van der Waals surface area contributed by atoms with E-state index in [2.05, 4.69) is 91.3 Å². The van der Waals surface area contributed by atoms with Crippen molar-refractivity contribution in [3.05, 3.63) is 153 Å². The van der Waals surface area contributed by atoms with Crippen LogP contribution in [0.2, 0.25) is 5.02 Å². The van der Waals surface area contributed by atoms with Crippen LogP contribution in [0.25, 0.3) is 6.08 Å². The third kappa shape index (κ3) is 10.2. The second-order valence-corrected chi connectivity index (χ2v) is 13.9. The Balaban J connectivity index is 0.953. The number of benzene rings is 4. The number of carbonyl (C=O) groups excluding carboxylic acids is 1. The number of ether oxygens (including phenoxy) is 3. The van der Waals surface area contributed by atoms with Crippen molar-refractivity contribution >= 4 is 23.6 Å². The second-order valence-electron chi connectivity index (χ2n) is 13.5. The van der Waals surface area contributed by atoms with E-state index in [-0.39, 0.29) is 11.9 Å². The zero-order valence-corrected chi connectivity index (χ0v) is 31.1. The van der Waals surface area contributed by atoms with Crippen molar-refractivity contribution < 1.29 is 19.0 Å². The molecular weight excluding hydrogens is 670 g/mol. The fraction of sp³-hybridized carbons (Fsp3) is 0.273. The van der Waals surface area contributed by atoms with Gasteiger partial charge in [-0.25, -0.2) is 4.98 Å². The van der Waals surface area contributed by atoms with Crippen molar-refractivity contribution in [1.29, 1.82) is 0 Å². The van der Waals surface area contributed by atoms with E-state index in [0.717, 1.165) is 48.5 Å². The molecule has 4 aromatic carbocycles. The Morgan fingerprint density at radius 1 is 0.827 bits per heavy atom. The lowest BCUT2D eigenvalue weighted by Gasteiger charge is -2.39. The summed E-state index contributed by atoms with van der Waals surface area (Å²) in [6.07, 6.45) is 5.95. The smallest absolute Gasteiger partial charge is 0.246 e. The van der Waals surface area contributed by atoms with Crippen molar-refractivity contribution in [2.24, 2.45) is 0 Å². The van der Waals surface area contributed by atoms with E-state index in [1.165, 1.54) is 22.3 Å². The van der Waals surface area contributed by atoms with Crippen molar-refractivity contribution in [1.82, 2.24) is 14.8 Å². The number of aryl methyl sites for hydroxylation is 3. The number of pyridine rings is 1. The maximum Gasteiger partial charge on any atom is 0.246 e. The van der Waals surface area contributed by atoms with Crippen molar-refractivity contribution in [3.63, 3.8) is 0 Å². The van der Waals surface area contributed by atoms with E-state index >= 15 is 0 Å². The third-order valence-electron chi connectivity index (χ3n) is 9.22. The molecule has 268 valence electrons. The first-order chi connectivity index (χ1) is 25.2. The minimum atomic E-state index is -0.00709. The van der Waals surface area contributed by atoms with E-state index in [0.29, 0.717) is 42.2 Å². The summed E-state index contributed by atoms with van der Waals surface area (Å²) in [7, 11) is 0. The maximum atomic E-state index is 13.3. The molecular formula is C44H46ClN3O4. The SMILES string of the molecule is Cc1ccc(COc2ccc(Oc3c(C)cc(/C=C/C(=O)N4CCN(Cc5ccc(CCOc6ccc(C)cc6)cc5)C[C@H]4C)cc3Cl)nc2)cc1. The Morgan fingerprint density at radius 2 is 1.50 bits per heavy atom. The molecule has 1 saturated heterocycles. The quantitative estimate of drug-likeness (QED) is 0.113. The third-order valence-corrected chi connectivity index (χ3v) is 9.50. The largest absolute Gasteiger partial charge is 0.493 e. The molecule has 0 bridgehead atoms. The Labute approximate surface area is 312 Å². The molecule has 2 heterocycles. The van der Waals surface area contributed by atoms with Crippen LogP contribution in [0.15, 0.2) is 109 Å². The molecule has 1 aromatic heterocycles. The zero-order valence-electron chi connectivity index (χ0n) is 30.3. The predicted molar refractivity (Wildman–Crippen MR) is 208 cm³/mol. The van der Waals surface area contributed by atoms with Crippen LogP contribution in [0.3, 0.4) is 0 Å². The average Bonchev–Trinajstić information content (AvgIpc) is 3.14. The molecule has 0 unspecified atom stereocenters. The van der Waals surface area contributed by atoms with Crippen LogP contribution in [0.4, 0.5) is 0 Å². The summed E-state index contributed by atoms with van der Waals surface area (Å²) in [5.41, 5.74) is 7.72. The summed E-state index contributed by atoms with van der Waals surface area (Å²) >= 11 is 6.65. The second kappa shape index (κ2) is 17.4.